The lowest BCUT2D eigenvalue weighted by Gasteiger charge is -2.10. The number of carbonyl (C=O) groups excluding carboxylic acids is 1. The lowest BCUT2D eigenvalue weighted by atomic mass is 10.1. The fraction of sp³-hybridized carbons (Fsp3) is 0.200. The molecule has 0 spiro atoms. The largest absolute Gasteiger partial charge is 0.416 e. The minimum absolute atomic E-state index is 0.179. The smallest absolute Gasteiger partial charge is 0.303 e. The Kier molecular flexibility index (Phi) is 5.79. The average Bonchev–Trinajstić information content (AvgIpc) is 2.99. The van der Waals surface area contributed by atoms with E-state index in [0.29, 0.717) is 16.4 Å². The molecule has 2 aromatic rings. The highest BCUT2D eigenvalue weighted by molar-refractivity contribution is 8.15. The van der Waals surface area contributed by atoms with Gasteiger partial charge in [0.25, 0.3) is 0 Å². The molecule has 8 heteroatoms. The SMILES string of the molecule is C=C(N/N=C1\NC(=O)[C@H](Cc2cccc(C(F)(F)F)c2)S1)c1ccc(C)cc1. The van der Waals surface area contributed by atoms with Crippen molar-refractivity contribution < 1.29 is 18.0 Å². The van der Waals surface area contributed by atoms with Crippen molar-refractivity contribution in [1.29, 1.82) is 0 Å². The minimum atomic E-state index is -4.41. The van der Waals surface area contributed by atoms with E-state index in [2.05, 4.69) is 22.4 Å². The van der Waals surface area contributed by atoms with Crippen molar-refractivity contribution in [3.63, 3.8) is 0 Å². The van der Waals surface area contributed by atoms with Crippen molar-refractivity contribution in [2.75, 3.05) is 0 Å². The van der Waals surface area contributed by atoms with Gasteiger partial charge >= 0.3 is 6.18 Å². The Morgan fingerprint density at radius 2 is 1.96 bits per heavy atom. The molecule has 1 heterocycles. The molecule has 146 valence electrons. The molecule has 4 nitrogen and oxygen atoms in total. The maximum absolute atomic E-state index is 12.8. The van der Waals surface area contributed by atoms with Crippen LogP contribution in [-0.2, 0) is 17.4 Å². The number of thioether (sulfide) groups is 1. The van der Waals surface area contributed by atoms with E-state index in [-0.39, 0.29) is 12.3 Å². The van der Waals surface area contributed by atoms with Gasteiger partial charge in [-0.2, -0.15) is 13.2 Å². The highest BCUT2D eigenvalue weighted by atomic mass is 32.2. The van der Waals surface area contributed by atoms with E-state index < -0.39 is 17.0 Å². The Hall–Kier alpha value is -2.74. The van der Waals surface area contributed by atoms with Crippen molar-refractivity contribution in [2.24, 2.45) is 5.10 Å². The van der Waals surface area contributed by atoms with E-state index in [4.69, 9.17) is 0 Å². The summed E-state index contributed by atoms with van der Waals surface area (Å²) in [5, 5.41) is 6.58. The number of rotatable bonds is 5. The third-order valence-corrected chi connectivity index (χ3v) is 5.23. The maximum atomic E-state index is 12.8. The van der Waals surface area contributed by atoms with Crippen LogP contribution in [0.1, 0.15) is 22.3 Å². The number of amides is 1. The van der Waals surface area contributed by atoms with Crippen molar-refractivity contribution in [3.8, 4) is 0 Å². The predicted molar refractivity (Wildman–Crippen MR) is 105 cm³/mol. The van der Waals surface area contributed by atoms with Gasteiger partial charge < -0.3 is 5.32 Å². The summed E-state index contributed by atoms with van der Waals surface area (Å²) in [4.78, 5) is 12.1. The molecule has 0 saturated carbocycles. The molecular formula is C20H18F3N3OS. The molecule has 1 saturated heterocycles. The van der Waals surface area contributed by atoms with Gasteiger partial charge in [0.2, 0.25) is 5.91 Å². The number of aryl methyl sites for hydroxylation is 1. The molecular weight excluding hydrogens is 387 g/mol. The second-order valence-corrected chi connectivity index (χ2v) is 7.56. The Bertz CT molecular complexity index is 923. The van der Waals surface area contributed by atoms with Gasteiger partial charge in [0, 0.05) is 0 Å². The number of benzene rings is 2. The van der Waals surface area contributed by atoms with Gasteiger partial charge in [-0.05, 0) is 30.5 Å². The zero-order valence-electron chi connectivity index (χ0n) is 15.0. The Labute approximate surface area is 164 Å². The summed E-state index contributed by atoms with van der Waals surface area (Å²) in [6, 6.07) is 12.7. The summed E-state index contributed by atoms with van der Waals surface area (Å²) in [5.41, 5.74) is 5.09. The summed E-state index contributed by atoms with van der Waals surface area (Å²) in [6.07, 6.45) is -4.23. The summed E-state index contributed by atoms with van der Waals surface area (Å²) in [7, 11) is 0. The van der Waals surface area contributed by atoms with Crippen LogP contribution < -0.4 is 10.7 Å². The van der Waals surface area contributed by atoms with Gasteiger partial charge in [-0.3, -0.25) is 10.2 Å². The zero-order chi connectivity index (χ0) is 20.3. The zero-order valence-corrected chi connectivity index (χ0v) is 15.8. The van der Waals surface area contributed by atoms with E-state index in [0.717, 1.165) is 23.3 Å². The molecule has 1 atom stereocenters. The molecule has 1 amide bonds. The molecule has 0 radical (unpaired) electrons. The number of alkyl halides is 3. The van der Waals surface area contributed by atoms with E-state index in [1.165, 1.54) is 17.8 Å². The number of hydrogen-bond donors (Lipinski definition) is 2. The number of hydrazone groups is 1. The van der Waals surface area contributed by atoms with Crippen LogP contribution in [0.5, 0.6) is 0 Å². The normalized spacial score (nSPS) is 18.2. The first-order valence-electron chi connectivity index (χ1n) is 8.45. The van der Waals surface area contributed by atoms with Gasteiger partial charge in [0.05, 0.1) is 16.5 Å². The second kappa shape index (κ2) is 8.10. The van der Waals surface area contributed by atoms with Crippen LogP contribution in [0.2, 0.25) is 0 Å². The summed E-state index contributed by atoms with van der Waals surface area (Å²) >= 11 is 1.17. The van der Waals surface area contributed by atoms with Crippen LogP contribution in [0.25, 0.3) is 5.70 Å². The standard InChI is InChI=1S/C20H18F3N3OS/c1-12-6-8-15(9-7-12)13(2)25-26-19-24-18(27)17(28-19)11-14-4-3-5-16(10-14)20(21,22)23/h3-10,17,25H,2,11H2,1H3,(H,24,26,27)/t17-/m0/s1. The molecule has 2 aromatic carbocycles. The number of amidine groups is 1. The van der Waals surface area contributed by atoms with Crippen LogP contribution in [0.4, 0.5) is 13.2 Å². The maximum Gasteiger partial charge on any atom is 0.416 e. The minimum Gasteiger partial charge on any atom is -0.303 e. The van der Waals surface area contributed by atoms with Crippen LogP contribution in [0.15, 0.2) is 60.2 Å². The van der Waals surface area contributed by atoms with Crippen LogP contribution in [-0.4, -0.2) is 16.3 Å². The molecule has 0 aromatic heterocycles. The Balaban J connectivity index is 1.62. The lowest BCUT2D eigenvalue weighted by molar-refractivity contribution is -0.137. The fourth-order valence-electron chi connectivity index (χ4n) is 2.62. The Morgan fingerprint density at radius 3 is 2.64 bits per heavy atom. The number of nitrogens with zero attached hydrogens (tertiary/aromatic N) is 1. The van der Waals surface area contributed by atoms with Crippen LogP contribution >= 0.6 is 11.8 Å². The molecule has 0 bridgehead atoms. The van der Waals surface area contributed by atoms with E-state index in [1.54, 1.807) is 6.07 Å². The van der Waals surface area contributed by atoms with Crippen molar-refractivity contribution >= 4 is 28.5 Å². The monoisotopic (exact) mass is 405 g/mol. The van der Waals surface area contributed by atoms with E-state index in [9.17, 15) is 18.0 Å². The number of carbonyl (C=O) groups is 1. The van der Waals surface area contributed by atoms with E-state index in [1.807, 2.05) is 31.2 Å². The second-order valence-electron chi connectivity index (χ2n) is 6.37. The molecule has 1 fully saturated rings. The molecule has 0 aliphatic carbocycles. The molecule has 28 heavy (non-hydrogen) atoms. The van der Waals surface area contributed by atoms with Gasteiger partial charge in [-0.25, -0.2) is 0 Å². The first kappa shape index (κ1) is 20.0. The first-order chi connectivity index (χ1) is 13.2. The van der Waals surface area contributed by atoms with Gasteiger partial charge in [-0.1, -0.05) is 66.4 Å². The van der Waals surface area contributed by atoms with Crippen LogP contribution in [0.3, 0.4) is 0 Å². The fourth-order valence-corrected chi connectivity index (χ4v) is 3.59. The van der Waals surface area contributed by atoms with Crippen LogP contribution in [0, 0.1) is 6.92 Å². The van der Waals surface area contributed by atoms with E-state index >= 15 is 0 Å². The topological polar surface area (TPSA) is 53.5 Å². The third kappa shape index (κ3) is 4.95. The molecule has 3 rings (SSSR count). The predicted octanol–water partition coefficient (Wildman–Crippen LogP) is 4.32. The van der Waals surface area contributed by atoms with Crippen molar-refractivity contribution in [3.05, 3.63) is 77.4 Å². The number of nitrogens with one attached hydrogen (secondary N) is 2. The lowest BCUT2D eigenvalue weighted by Crippen LogP contribution is -2.26. The molecule has 1 aliphatic rings. The highest BCUT2D eigenvalue weighted by Gasteiger charge is 2.33. The van der Waals surface area contributed by atoms with Gasteiger partial charge in [0.1, 0.15) is 0 Å². The summed E-state index contributed by atoms with van der Waals surface area (Å²) in [6.45, 7) is 5.89. The third-order valence-electron chi connectivity index (χ3n) is 4.14. The highest BCUT2D eigenvalue weighted by Crippen LogP contribution is 2.31. The average molecular weight is 405 g/mol. The van der Waals surface area contributed by atoms with Crippen molar-refractivity contribution in [1.82, 2.24) is 10.7 Å². The van der Waals surface area contributed by atoms with Gasteiger partial charge in [0.15, 0.2) is 5.17 Å². The van der Waals surface area contributed by atoms with Crippen molar-refractivity contribution in [2.45, 2.75) is 24.8 Å². The Morgan fingerprint density at radius 1 is 1.25 bits per heavy atom. The number of halogens is 3. The number of hydrogen-bond acceptors (Lipinski definition) is 4. The summed E-state index contributed by atoms with van der Waals surface area (Å²) in [5.74, 6) is -0.288. The molecule has 2 N–H and O–H groups in total. The molecule has 1 aliphatic heterocycles. The summed E-state index contributed by atoms with van der Waals surface area (Å²) < 4.78 is 38.5. The first-order valence-corrected chi connectivity index (χ1v) is 9.33. The quantitative estimate of drug-likeness (QED) is 0.729. The van der Waals surface area contributed by atoms with Gasteiger partial charge in [-0.15, -0.1) is 5.10 Å². The molecule has 0 unspecified atom stereocenters.